The Bertz CT molecular complexity index is 561. The SMILES string of the molecule is COc1ccc(C)cc1C(=O)NC(C)(C)C(C)(C)C(=O)O. The molecule has 1 amide bonds. The predicted molar refractivity (Wildman–Crippen MR) is 80.7 cm³/mol. The fourth-order valence-electron chi connectivity index (χ4n) is 1.77. The van der Waals surface area contributed by atoms with Gasteiger partial charge in [-0.15, -0.1) is 0 Å². The van der Waals surface area contributed by atoms with Crippen LogP contribution in [0.5, 0.6) is 5.75 Å². The number of carboxylic acids is 1. The van der Waals surface area contributed by atoms with Crippen LogP contribution >= 0.6 is 0 Å². The van der Waals surface area contributed by atoms with Crippen molar-refractivity contribution in [2.45, 2.75) is 40.2 Å². The van der Waals surface area contributed by atoms with Gasteiger partial charge in [-0.1, -0.05) is 11.6 Å². The van der Waals surface area contributed by atoms with Gasteiger partial charge in [0.25, 0.3) is 5.91 Å². The quantitative estimate of drug-likeness (QED) is 0.875. The van der Waals surface area contributed by atoms with Gasteiger partial charge in [0.1, 0.15) is 5.75 Å². The third-order valence-corrected chi connectivity index (χ3v) is 4.12. The van der Waals surface area contributed by atoms with E-state index in [0.29, 0.717) is 11.3 Å². The lowest BCUT2D eigenvalue weighted by atomic mass is 9.74. The highest BCUT2D eigenvalue weighted by Crippen LogP contribution is 2.31. The minimum absolute atomic E-state index is 0.352. The van der Waals surface area contributed by atoms with E-state index in [9.17, 15) is 14.7 Å². The Labute approximate surface area is 125 Å². The van der Waals surface area contributed by atoms with Crippen molar-refractivity contribution in [3.05, 3.63) is 29.3 Å². The highest BCUT2D eigenvalue weighted by Gasteiger charge is 2.44. The number of nitrogens with one attached hydrogen (secondary N) is 1. The molecule has 0 aromatic heterocycles. The molecule has 0 unspecified atom stereocenters. The number of carboxylic acid groups (broad SMARTS) is 1. The maximum absolute atomic E-state index is 12.5. The third-order valence-electron chi connectivity index (χ3n) is 4.12. The minimum atomic E-state index is -1.11. The molecule has 1 rings (SSSR count). The molecule has 0 heterocycles. The Kier molecular flexibility index (Phi) is 4.66. The van der Waals surface area contributed by atoms with Gasteiger partial charge < -0.3 is 15.2 Å². The fraction of sp³-hybridized carbons (Fsp3) is 0.500. The van der Waals surface area contributed by atoms with Crippen molar-refractivity contribution in [2.75, 3.05) is 7.11 Å². The van der Waals surface area contributed by atoms with E-state index in [0.717, 1.165) is 5.56 Å². The molecule has 0 spiro atoms. The average Bonchev–Trinajstić information content (AvgIpc) is 2.37. The molecule has 0 saturated carbocycles. The van der Waals surface area contributed by atoms with Crippen molar-refractivity contribution in [3.8, 4) is 5.75 Å². The maximum atomic E-state index is 12.5. The first kappa shape index (κ1) is 17.0. The van der Waals surface area contributed by atoms with E-state index >= 15 is 0 Å². The van der Waals surface area contributed by atoms with E-state index in [-0.39, 0.29) is 5.91 Å². The molecule has 0 fully saturated rings. The molecule has 0 aliphatic heterocycles. The molecule has 0 saturated heterocycles. The second-order valence-corrected chi connectivity index (χ2v) is 6.21. The summed E-state index contributed by atoms with van der Waals surface area (Å²) in [5.41, 5.74) is -0.715. The van der Waals surface area contributed by atoms with Gasteiger partial charge in [-0.05, 0) is 46.8 Å². The largest absolute Gasteiger partial charge is 0.496 e. The Morgan fingerprint density at radius 2 is 1.76 bits per heavy atom. The number of methoxy groups -OCH3 is 1. The summed E-state index contributed by atoms with van der Waals surface area (Å²) in [5, 5.41) is 12.1. The maximum Gasteiger partial charge on any atom is 0.311 e. The van der Waals surface area contributed by atoms with Crippen molar-refractivity contribution < 1.29 is 19.4 Å². The normalized spacial score (nSPS) is 11.9. The molecule has 5 heteroatoms. The summed E-state index contributed by atoms with van der Waals surface area (Å²) in [4.78, 5) is 23.9. The number of hydrogen-bond acceptors (Lipinski definition) is 3. The Balaban J connectivity index is 3.11. The number of ether oxygens (including phenoxy) is 1. The van der Waals surface area contributed by atoms with Crippen LogP contribution in [0.2, 0.25) is 0 Å². The lowest BCUT2D eigenvalue weighted by Gasteiger charge is -2.38. The average molecular weight is 293 g/mol. The van der Waals surface area contributed by atoms with E-state index in [1.54, 1.807) is 39.8 Å². The van der Waals surface area contributed by atoms with Gasteiger partial charge in [-0.2, -0.15) is 0 Å². The zero-order valence-corrected chi connectivity index (χ0v) is 13.4. The second kappa shape index (κ2) is 5.76. The molecule has 0 aliphatic rings. The van der Waals surface area contributed by atoms with E-state index in [4.69, 9.17) is 4.74 Å². The van der Waals surface area contributed by atoms with Crippen LogP contribution in [0, 0.1) is 12.3 Å². The summed E-state index contributed by atoms with van der Waals surface area (Å²) in [6.07, 6.45) is 0. The van der Waals surface area contributed by atoms with E-state index in [1.165, 1.54) is 7.11 Å². The van der Waals surface area contributed by atoms with Crippen LogP contribution in [0.25, 0.3) is 0 Å². The van der Waals surface area contributed by atoms with Gasteiger partial charge in [0, 0.05) is 0 Å². The van der Waals surface area contributed by atoms with Crippen LogP contribution < -0.4 is 10.1 Å². The molecule has 0 atom stereocenters. The molecular weight excluding hydrogens is 270 g/mol. The first-order valence-corrected chi connectivity index (χ1v) is 6.73. The summed E-state index contributed by atoms with van der Waals surface area (Å²) in [6, 6.07) is 5.29. The zero-order valence-electron chi connectivity index (χ0n) is 13.4. The molecule has 0 aliphatic carbocycles. The lowest BCUT2D eigenvalue weighted by Crippen LogP contribution is -2.57. The minimum Gasteiger partial charge on any atom is -0.496 e. The van der Waals surface area contributed by atoms with Gasteiger partial charge >= 0.3 is 5.97 Å². The predicted octanol–water partition coefficient (Wildman–Crippen LogP) is 2.62. The number of benzene rings is 1. The number of amides is 1. The molecule has 5 nitrogen and oxygen atoms in total. The monoisotopic (exact) mass is 293 g/mol. The van der Waals surface area contributed by atoms with Crippen LogP contribution in [0.3, 0.4) is 0 Å². The van der Waals surface area contributed by atoms with Crippen LogP contribution in [-0.2, 0) is 4.79 Å². The standard InChI is InChI=1S/C16H23NO4/c1-10-7-8-12(21-6)11(9-10)13(18)17-16(4,5)15(2,3)14(19)20/h7-9H,1-6H3,(H,17,18)(H,19,20). The summed E-state index contributed by atoms with van der Waals surface area (Å²) in [7, 11) is 1.49. The van der Waals surface area contributed by atoms with Crippen molar-refractivity contribution in [1.29, 1.82) is 0 Å². The molecule has 0 bridgehead atoms. The van der Waals surface area contributed by atoms with Crippen LogP contribution in [0.1, 0.15) is 43.6 Å². The highest BCUT2D eigenvalue weighted by molar-refractivity contribution is 5.98. The molecule has 1 aromatic rings. The summed E-state index contributed by atoms with van der Waals surface area (Å²) < 4.78 is 5.19. The number of carbonyl (C=O) groups is 2. The Morgan fingerprint density at radius 3 is 2.24 bits per heavy atom. The third kappa shape index (κ3) is 3.35. The van der Waals surface area contributed by atoms with Gasteiger partial charge in [-0.3, -0.25) is 9.59 Å². The lowest BCUT2D eigenvalue weighted by molar-refractivity contribution is -0.150. The van der Waals surface area contributed by atoms with Crippen molar-refractivity contribution in [1.82, 2.24) is 5.32 Å². The number of carbonyl (C=O) groups excluding carboxylic acids is 1. The first-order chi connectivity index (χ1) is 9.52. The summed E-state index contributed by atoms with van der Waals surface area (Å²) >= 11 is 0. The molecule has 0 radical (unpaired) electrons. The zero-order chi connectivity index (χ0) is 16.4. The molecule has 116 valence electrons. The number of aliphatic carboxylic acids is 1. The number of rotatable bonds is 5. The van der Waals surface area contributed by atoms with E-state index in [2.05, 4.69) is 5.32 Å². The van der Waals surface area contributed by atoms with Crippen LogP contribution in [0.15, 0.2) is 18.2 Å². The number of aryl methyl sites for hydroxylation is 1. The molecule has 1 aromatic carbocycles. The molecule has 21 heavy (non-hydrogen) atoms. The Hall–Kier alpha value is -2.04. The van der Waals surface area contributed by atoms with Gasteiger partial charge in [-0.25, -0.2) is 0 Å². The van der Waals surface area contributed by atoms with E-state index < -0.39 is 16.9 Å². The molecular formula is C16H23NO4. The van der Waals surface area contributed by atoms with Gasteiger partial charge in [0.2, 0.25) is 0 Å². The number of hydrogen-bond donors (Lipinski definition) is 2. The first-order valence-electron chi connectivity index (χ1n) is 6.73. The topological polar surface area (TPSA) is 75.6 Å². The van der Waals surface area contributed by atoms with E-state index in [1.807, 2.05) is 13.0 Å². The highest BCUT2D eigenvalue weighted by atomic mass is 16.5. The summed E-state index contributed by atoms with van der Waals surface area (Å²) in [5.74, 6) is -0.860. The van der Waals surface area contributed by atoms with Gasteiger partial charge in [0.15, 0.2) is 0 Å². The smallest absolute Gasteiger partial charge is 0.311 e. The second-order valence-electron chi connectivity index (χ2n) is 6.21. The summed E-state index contributed by atoms with van der Waals surface area (Å²) in [6.45, 7) is 8.44. The van der Waals surface area contributed by atoms with Crippen molar-refractivity contribution in [2.24, 2.45) is 5.41 Å². The Morgan fingerprint density at radius 1 is 1.19 bits per heavy atom. The van der Waals surface area contributed by atoms with Crippen LogP contribution in [0.4, 0.5) is 0 Å². The van der Waals surface area contributed by atoms with Gasteiger partial charge in [0.05, 0.1) is 23.6 Å². The van der Waals surface area contributed by atoms with Crippen molar-refractivity contribution in [3.63, 3.8) is 0 Å². The fourth-order valence-corrected chi connectivity index (χ4v) is 1.77. The molecule has 2 N–H and O–H groups in total. The van der Waals surface area contributed by atoms with Crippen LogP contribution in [-0.4, -0.2) is 29.6 Å². The van der Waals surface area contributed by atoms with Crippen molar-refractivity contribution >= 4 is 11.9 Å².